The number of methoxy groups -OCH3 is 2. The monoisotopic (exact) mass is 403 g/mol. The van der Waals surface area contributed by atoms with Crippen LogP contribution in [-0.2, 0) is 0 Å². The van der Waals surface area contributed by atoms with Crippen LogP contribution >= 0.6 is 0 Å². The maximum atomic E-state index is 10.5. The number of hydrogen-bond donors (Lipinski definition) is 1. The molecule has 2 aromatic carbocycles. The Labute approximate surface area is 174 Å². The first kappa shape index (κ1) is 18.3. The number of aromatic hydroxyl groups is 1. The number of hydrazone groups is 1. The number of fused-ring (bicyclic) bond motifs is 3. The van der Waals surface area contributed by atoms with E-state index in [0.717, 1.165) is 22.6 Å². The second kappa shape index (κ2) is 7.26. The summed E-state index contributed by atoms with van der Waals surface area (Å²) in [5, 5.41) is 17.3. The van der Waals surface area contributed by atoms with Crippen molar-refractivity contribution in [3.63, 3.8) is 0 Å². The minimum atomic E-state index is -0.438. The molecule has 2 atom stereocenters. The maximum Gasteiger partial charge on any atom is 0.214 e. The van der Waals surface area contributed by atoms with Gasteiger partial charge in [-0.05, 0) is 36.4 Å². The van der Waals surface area contributed by atoms with Crippen LogP contribution in [0.3, 0.4) is 0 Å². The Bertz CT molecular complexity index is 1120. The number of hydrogen-bond acceptors (Lipinski definition) is 7. The van der Waals surface area contributed by atoms with Crippen LogP contribution in [-0.4, -0.2) is 35.0 Å². The first-order valence-corrected chi connectivity index (χ1v) is 9.66. The highest BCUT2D eigenvalue weighted by Crippen LogP contribution is 2.51. The van der Waals surface area contributed by atoms with E-state index in [1.807, 2.05) is 35.3 Å². The van der Waals surface area contributed by atoms with E-state index in [1.54, 1.807) is 44.8 Å². The molecule has 1 N–H and O–H groups in total. The Morgan fingerprint density at radius 2 is 1.90 bits per heavy atom. The van der Waals surface area contributed by atoms with Crippen LogP contribution in [0.15, 0.2) is 66.0 Å². The third kappa shape index (κ3) is 2.90. The molecule has 0 saturated heterocycles. The molecule has 2 aliphatic rings. The van der Waals surface area contributed by atoms with Crippen molar-refractivity contribution in [3.8, 4) is 23.0 Å². The molecule has 0 radical (unpaired) electrons. The maximum absolute atomic E-state index is 10.5. The summed E-state index contributed by atoms with van der Waals surface area (Å²) in [6.45, 7) is 0. The van der Waals surface area contributed by atoms with Gasteiger partial charge >= 0.3 is 0 Å². The van der Waals surface area contributed by atoms with Crippen molar-refractivity contribution in [2.24, 2.45) is 5.10 Å². The Kier molecular flexibility index (Phi) is 4.43. The van der Waals surface area contributed by atoms with Gasteiger partial charge in [-0.25, -0.2) is 5.01 Å². The number of pyridine rings is 1. The Morgan fingerprint density at radius 3 is 2.67 bits per heavy atom. The average molecular weight is 403 g/mol. The molecule has 3 heterocycles. The smallest absolute Gasteiger partial charge is 0.214 e. The zero-order chi connectivity index (χ0) is 20.7. The van der Waals surface area contributed by atoms with Crippen LogP contribution in [0.25, 0.3) is 0 Å². The van der Waals surface area contributed by atoms with Crippen molar-refractivity contribution in [1.82, 2.24) is 9.99 Å². The predicted molar refractivity (Wildman–Crippen MR) is 111 cm³/mol. The summed E-state index contributed by atoms with van der Waals surface area (Å²) < 4.78 is 17.3. The molecule has 0 amide bonds. The molecule has 3 aromatic rings. The second-order valence-electron chi connectivity index (χ2n) is 7.16. The van der Waals surface area contributed by atoms with Gasteiger partial charge in [0.15, 0.2) is 11.5 Å². The fourth-order valence-electron chi connectivity index (χ4n) is 4.03. The van der Waals surface area contributed by atoms with Crippen molar-refractivity contribution < 1.29 is 19.3 Å². The Morgan fingerprint density at radius 1 is 1.07 bits per heavy atom. The van der Waals surface area contributed by atoms with Crippen LogP contribution in [0.5, 0.6) is 23.0 Å². The van der Waals surface area contributed by atoms with Crippen LogP contribution < -0.4 is 14.2 Å². The number of rotatable bonds is 4. The van der Waals surface area contributed by atoms with Crippen LogP contribution in [0, 0.1) is 0 Å². The van der Waals surface area contributed by atoms with Gasteiger partial charge in [-0.1, -0.05) is 12.1 Å². The molecule has 0 saturated carbocycles. The van der Waals surface area contributed by atoms with E-state index in [-0.39, 0.29) is 11.8 Å². The van der Waals surface area contributed by atoms with Crippen molar-refractivity contribution in [2.75, 3.05) is 14.2 Å². The second-order valence-corrected chi connectivity index (χ2v) is 7.16. The first-order chi connectivity index (χ1) is 14.7. The summed E-state index contributed by atoms with van der Waals surface area (Å²) in [5.41, 5.74) is 3.36. The summed E-state index contributed by atoms with van der Waals surface area (Å²) in [4.78, 5) is 4.12. The summed E-state index contributed by atoms with van der Waals surface area (Å²) in [5.74, 6) is 2.24. The third-order valence-electron chi connectivity index (χ3n) is 5.51. The standard InChI is InChI=1S/C23H21N3O4/c1-28-15-6-7-20(27)17(12-15)18-13-19-16-4-3-5-21(29-2)22(16)30-23(26(19)25-18)14-8-10-24-11-9-14/h3-12,19,23,27H,13H2,1-2H3. The quantitative estimate of drug-likeness (QED) is 0.708. The summed E-state index contributed by atoms with van der Waals surface area (Å²) in [6.07, 6.45) is 3.65. The molecule has 7 nitrogen and oxygen atoms in total. The van der Waals surface area contributed by atoms with Crippen LogP contribution in [0.1, 0.15) is 35.4 Å². The molecule has 2 aliphatic heterocycles. The number of aromatic nitrogens is 1. The van der Waals surface area contributed by atoms with Gasteiger partial charge < -0.3 is 19.3 Å². The fraction of sp³-hybridized carbons (Fsp3) is 0.217. The van der Waals surface area contributed by atoms with E-state index in [2.05, 4.69) is 4.98 Å². The summed E-state index contributed by atoms with van der Waals surface area (Å²) in [7, 11) is 3.24. The molecule has 0 fully saturated rings. The average Bonchev–Trinajstić information content (AvgIpc) is 3.24. The lowest BCUT2D eigenvalue weighted by Crippen LogP contribution is -2.33. The number of phenols is 1. The molecule has 30 heavy (non-hydrogen) atoms. The van der Waals surface area contributed by atoms with Gasteiger partial charge in [-0.2, -0.15) is 5.10 Å². The Balaban J connectivity index is 1.63. The number of phenolic OH excluding ortho intramolecular Hbond substituents is 1. The summed E-state index contributed by atoms with van der Waals surface area (Å²) >= 11 is 0. The van der Waals surface area contributed by atoms with E-state index in [4.69, 9.17) is 19.3 Å². The number of para-hydroxylation sites is 1. The topological polar surface area (TPSA) is 76.4 Å². The van der Waals surface area contributed by atoms with Crippen molar-refractivity contribution in [2.45, 2.75) is 18.7 Å². The van der Waals surface area contributed by atoms with E-state index < -0.39 is 6.23 Å². The van der Waals surface area contributed by atoms with Gasteiger partial charge in [-0.15, -0.1) is 0 Å². The normalized spacial score (nSPS) is 19.4. The minimum Gasteiger partial charge on any atom is -0.507 e. The van der Waals surface area contributed by atoms with E-state index >= 15 is 0 Å². The van der Waals surface area contributed by atoms with Gasteiger partial charge in [-0.3, -0.25) is 4.98 Å². The van der Waals surface area contributed by atoms with Gasteiger partial charge in [0.25, 0.3) is 0 Å². The fourth-order valence-corrected chi connectivity index (χ4v) is 4.03. The number of benzene rings is 2. The summed E-state index contributed by atoms with van der Waals surface area (Å²) in [6, 6.07) is 14.8. The molecule has 7 heteroatoms. The molecular formula is C23H21N3O4. The van der Waals surface area contributed by atoms with Crippen LogP contribution in [0.4, 0.5) is 0 Å². The lowest BCUT2D eigenvalue weighted by molar-refractivity contribution is -0.0209. The number of nitrogens with zero attached hydrogens (tertiary/aromatic N) is 3. The predicted octanol–water partition coefficient (Wildman–Crippen LogP) is 4.05. The lowest BCUT2D eigenvalue weighted by Gasteiger charge is -2.38. The van der Waals surface area contributed by atoms with Crippen LogP contribution in [0.2, 0.25) is 0 Å². The highest BCUT2D eigenvalue weighted by molar-refractivity contribution is 6.04. The molecule has 0 aliphatic carbocycles. The highest BCUT2D eigenvalue weighted by Gasteiger charge is 2.42. The highest BCUT2D eigenvalue weighted by atomic mass is 16.5. The molecule has 2 unspecified atom stereocenters. The van der Waals surface area contributed by atoms with E-state index in [9.17, 15) is 5.11 Å². The zero-order valence-electron chi connectivity index (χ0n) is 16.6. The van der Waals surface area contributed by atoms with Gasteiger partial charge in [0.1, 0.15) is 11.5 Å². The Hall–Kier alpha value is -3.74. The number of ether oxygens (including phenoxy) is 3. The van der Waals surface area contributed by atoms with Crippen molar-refractivity contribution >= 4 is 5.71 Å². The van der Waals surface area contributed by atoms with Crippen molar-refractivity contribution in [1.29, 1.82) is 0 Å². The largest absolute Gasteiger partial charge is 0.507 e. The van der Waals surface area contributed by atoms with E-state index in [0.29, 0.717) is 23.5 Å². The third-order valence-corrected chi connectivity index (χ3v) is 5.51. The molecule has 0 bridgehead atoms. The van der Waals surface area contributed by atoms with Gasteiger partial charge in [0.2, 0.25) is 6.23 Å². The SMILES string of the molecule is COc1ccc(O)c(C2=NN3C(C2)c2cccc(OC)c2OC3c2ccncc2)c1. The molecular weight excluding hydrogens is 382 g/mol. The molecule has 152 valence electrons. The minimum absolute atomic E-state index is 0.0531. The van der Waals surface area contributed by atoms with Gasteiger partial charge in [0.05, 0.1) is 26.0 Å². The molecule has 0 spiro atoms. The molecule has 1 aromatic heterocycles. The van der Waals surface area contributed by atoms with E-state index in [1.165, 1.54) is 0 Å². The van der Waals surface area contributed by atoms with Gasteiger partial charge in [0, 0.05) is 35.5 Å². The van der Waals surface area contributed by atoms with Crippen molar-refractivity contribution in [3.05, 3.63) is 77.6 Å². The molecule has 5 rings (SSSR count). The first-order valence-electron chi connectivity index (χ1n) is 9.66. The lowest BCUT2D eigenvalue weighted by atomic mass is 9.95. The zero-order valence-corrected chi connectivity index (χ0v) is 16.6.